The number of nitrogens with two attached hydrogens (primary N) is 1. The van der Waals surface area contributed by atoms with Crippen LogP contribution in [0.1, 0.15) is 15.4 Å². The number of halogens is 1. The highest BCUT2D eigenvalue weighted by atomic mass is 35.5. The number of nitrogens with one attached hydrogen (secondary N) is 1. The molecule has 96 valence electrons. The molecule has 0 saturated carbocycles. The fourth-order valence-electron chi connectivity index (χ4n) is 0.766. The van der Waals surface area contributed by atoms with E-state index in [1.54, 1.807) is 11.6 Å². The zero-order valence-corrected chi connectivity index (χ0v) is 10.6. The van der Waals surface area contributed by atoms with Crippen molar-refractivity contribution in [3.63, 3.8) is 0 Å². The Balaban J connectivity index is 0.000000306. The number of hydrogen-bond donors (Lipinski definition) is 3. The third-order valence-corrected chi connectivity index (χ3v) is 2.28. The van der Waals surface area contributed by atoms with Crippen LogP contribution in [0.15, 0.2) is 30.3 Å². The van der Waals surface area contributed by atoms with E-state index >= 15 is 0 Å². The Hall–Kier alpha value is -2.06. The van der Waals surface area contributed by atoms with E-state index < -0.39 is 5.97 Å². The Bertz CT molecular complexity index is 491. The third kappa shape index (κ3) is 5.32. The summed E-state index contributed by atoms with van der Waals surface area (Å²) in [4.78, 5) is 20.9. The van der Waals surface area contributed by atoms with E-state index in [1.165, 1.54) is 30.1 Å². The molecule has 7 nitrogen and oxygen atoms in total. The molecule has 0 aliphatic heterocycles. The molecule has 0 aliphatic carbocycles. The summed E-state index contributed by atoms with van der Waals surface area (Å²) in [5.74, 6) is -0.962. The summed E-state index contributed by atoms with van der Waals surface area (Å²) in [5.41, 5.74) is 5.20. The maximum Gasteiger partial charge on any atom is 0.338 e. The number of aromatic carboxylic acids is 1. The molecule has 0 atom stereocenters. The van der Waals surface area contributed by atoms with Gasteiger partial charge in [-0.05, 0) is 0 Å². The number of hydrogen-bond acceptors (Lipinski definition) is 6. The lowest BCUT2D eigenvalue weighted by atomic mass is 10.4. The van der Waals surface area contributed by atoms with Crippen molar-refractivity contribution < 1.29 is 9.90 Å². The largest absolute Gasteiger partial charge is 0.478 e. The zero-order valence-electron chi connectivity index (χ0n) is 8.98. The standard InChI is InChI=1S/C5H4N2O2.C4H5N3S.ClH/c8-5(9)4-1-6-3-7-2-4;5-3(6)4-7-1-2-8-4;/h1-3H,(H,8,9);1-2H,(H3,5,6);1H. The predicted molar refractivity (Wildman–Crippen MR) is 69.4 cm³/mol. The van der Waals surface area contributed by atoms with E-state index in [0.717, 1.165) is 0 Å². The van der Waals surface area contributed by atoms with Crippen LogP contribution in [-0.2, 0) is 0 Å². The van der Waals surface area contributed by atoms with Gasteiger partial charge in [-0.2, -0.15) is 0 Å². The van der Waals surface area contributed by atoms with Gasteiger partial charge in [0.25, 0.3) is 0 Å². The molecule has 0 bridgehead atoms. The van der Waals surface area contributed by atoms with Crippen LogP contribution in [0, 0.1) is 5.41 Å². The fraction of sp³-hybridized carbons (Fsp3) is 0. The molecule has 0 fully saturated rings. The number of carboxylic acid groups (broad SMARTS) is 1. The van der Waals surface area contributed by atoms with Crippen LogP contribution in [0.3, 0.4) is 0 Å². The van der Waals surface area contributed by atoms with Crippen molar-refractivity contribution in [2.75, 3.05) is 0 Å². The summed E-state index contributed by atoms with van der Waals surface area (Å²) in [5, 5.41) is 17.6. The molecular weight excluding hydrogens is 278 g/mol. The van der Waals surface area contributed by atoms with E-state index in [4.69, 9.17) is 16.2 Å². The molecule has 2 aromatic heterocycles. The van der Waals surface area contributed by atoms with Gasteiger partial charge in [-0.1, -0.05) is 0 Å². The van der Waals surface area contributed by atoms with Gasteiger partial charge in [0.1, 0.15) is 6.33 Å². The summed E-state index contributed by atoms with van der Waals surface area (Å²) < 4.78 is 0. The lowest BCUT2D eigenvalue weighted by Crippen LogP contribution is -2.09. The quantitative estimate of drug-likeness (QED) is 0.559. The average Bonchev–Trinajstić information content (AvgIpc) is 2.84. The minimum Gasteiger partial charge on any atom is -0.478 e. The van der Waals surface area contributed by atoms with Gasteiger partial charge in [-0.3, -0.25) is 5.41 Å². The highest BCUT2D eigenvalue weighted by Gasteiger charge is 1.98. The molecule has 2 heterocycles. The number of nitrogen functional groups attached to an aromatic ring is 1. The summed E-state index contributed by atoms with van der Waals surface area (Å²) >= 11 is 1.37. The van der Waals surface area contributed by atoms with E-state index in [0.29, 0.717) is 5.01 Å². The van der Waals surface area contributed by atoms with Gasteiger partial charge in [0.05, 0.1) is 5.56 Å². The lowest BCUT2D eigenvalue weighted by Gasteiger charge is -1.86. The molecule has 0 amide bonds. The number of nitrogens with zero attached hydrogens (tertiary/aromatic N) is 3. The Morgan fingerprint density at radius 2 is 2.00 bits per heavy atom. The number of amidine groups is 1. The van der Waals surface area contributed by atoms with Crippen LogP contribution in [0.4, 0.5) is 0 Å². The van der Waals surface area contributed by atoms with Gasteiger partial charge >= 0.3 is 5.97 Å². The van der Waals surface area contributed by atoms with Crippen molar-refractivity contribution in [1.29, 1.82) is 5.41 Å². The van der Waals surface area contributed by atoms with Gasteiger partial charge in [0, 0.05) is 24.0 Å². The van der Waals surface area contributed by atoms with E-state index in [1.807, 2.05) is 0 Å². The number of thiazole rings is 1. The molecule has 9 heteroatoms. The van der Waals surface area contributed by atoms with Crippen molar-refractivity contribution in [2.45, 2.75) is 0 Å². The van der Waals surface area contributed by atoms with Gasteiger partial charge < -0.3 is 10.8 Å². The van der Waals surface area contributed by atoms with Crippen molar-refractivity contribution in [3.05, 3.63) is 40.9 Å². The van der Waals surface area contributed by atoms with Gasteiger partial charge in [-0.25, -0.2) is 19.7 Å². The number of carbonyl (C=O) groups is 1. The fourth-order valence-corrected chi connectivity index (χ4v) is 1.27. The smallest absolute Gasteiger partial charge is 0.338 e. The Morgan fingerprint density at radius 3 is 2.28 bits per heavy atom. The van der Waals surface area contributed by atoms with Gasteiger partial charge in [0.15, 0.2) is 10.8 Å². The van der Waals surface area contributed by atoms with Crippen molar-refractivity contribution in [2.24, 2.45) is 5.73 Å². The van der Waals surface area contributed by atoms with E-state index in [-0.39, 0.29) is 23.8 Å². The predicted octanol–water partition coefficient (Wildman–Crippen LogP) is 1.02. The second-order valence-corrected chi connectivity index (χ2v) is 3.58. The molecule has 0 saturated heterocycles. The van der Waals surface area contributed by atoms with Gasteiger partial charge in [-0.15, -0.1) is 23.7 Å². The van der Waals surface area contributed by atoms with Gasteiger partial charge in [0.2, 0.25) is 0 Å². The highest BCUT2D eigenvalue weighted by molar-refractivity contribution is 7.11. The first-order valence-electron chi connectivity index (χ1n) is 4.33. The molecular formula is C9H10ClN5O2S. The van der Waals surface area contributed by atoms with Crippen molar-refractivity contribution in [1.82, 2.24) is 15.0 Å². The van der Waals surface area contributed by atoms with Crippen LogP contribution in [-0.4, -0.2) is 31.9 Å². The minimum absolute atomic E-state index is 0. The topological polar surface area (TPSA) is 126 Å². The molecule has 0 aliphatic rings. The molecule has 0 aromatic carbocycles. The van der Waals surface area contributed by atoms with Crippen LogP contribution in [0.5, 0.6) is 0 Å². The normalized spacial score (nSPS) is 8.44. The maximum absolute atomic E-state index is 10.1. The summed E-state index contributed by atoms with van der Waals surface area (Å²) in [6, 6.07) is 0. The molecule has 0 unspecified atom stereocenters. The van der Waals surface area contributed by atoms with Crippen molar-refractivity contribution >= 4 is 35.5 Å². The zero-order chi connectivity index (χ0) is 12.7. The first kappa shape index (κ1) is 15.9. The Kier molecular flexibility index (Phi) is 7.17. The summed E-state index contributed by atoms with van der Waals surface area (Å²) in [6.07, 6.45) is 5.40. The third-order valence-electron chi connectivity index (χ3n) is 1.47. The van der Waals surface area contributed by atoms with Crippen LogP contribution in [0.2, 0.25) is 0 Å². The molecule has 2 aromatic rings. The molecule has 0 spiro atoms. The first-order valence-corrected chi connectivity index (χ1v) is 5.21. The Labute approximate surface area is 113 Å². The minimum atomic E-state index is -1.00. The number of rotatable bonds is 2. The lowest BCUT2D eigenvalue weighted by molar-refractivity contribution is 0.0696. The number of aromatic nitrogens is 3. The average molecular weight is 288 g/mol. The SMILES string of the molecule is Cl.N=C(N)c1nccs1.O=C(O)c1cncnc1. The molecule has 0 radical (unpaired) electrons. The van der Waals surface area contributed by atoms with Crippen LogP contribution < -0.4 is 5.73 Å². The monoisotopic (exact) mass is 287 g/mol. The maximum atomic E-state index is 10.1. The van der Waals surface area contributed by atoms with Crippen LogP contribution >= 0.6 is 23.7 Å². The summed E-state index contributed by atoms with van der Waals surface area (Å²) in [7, 11) is 0. The molecule has 2 rings (SSSR count). The number of carboxylic acids is 1. The molecule has 4 N–H and O–H groups in total. The summed E-state index contributed by atoms with van der Waals surface area (Å²) in [6.45, 7) is 0. The van der Waals surface area contributed by atoms with Crippen molar-refractivity contribution in [3.8, 4) is 0 Å². The second kappa shape index (κ2) is 8.09. The van der Waals surface area contributed by atoms with E-state index in [9.17, 15) is 4.79 Å². The second-order valence-electron chi connectivity index (χ2n) is 2.68. The molecule has 18 heavy (non-hydrogen) atoms. The Morgan fingerprint density at radius 1 is 1.39 bits per heavy atom. The van der Waals surface area contributed by atoms with E-state index in [2.05, 4.69) is 15.0 Å². The van der Waals surface area contributed by atoms with Crippen LogP contribution in [0.25, 0.3) is 0 Å². The highest BCUT2D eigenvalue weighted by Crippen LogP contribution is 2.00. The first-order chi connectivity index (χ1) is 8.11.